The van der Waals surface area contributed by atoms with Crippen molar-refractivity contribution in [2.75, 3.05) is 0 Å². The topological polar surface area (TPSA) is 0 Å². The molecule has 3 heteroatoms. The average Bonchev–Trinajstić information content (AvgIpc) is 4.05. The zero-order valence-corrected chi connectivity index (χ0v) is 44.2. The van der Waals surface area contributed by atoms with Crippen LogP contribution < -0.4 is 24.8 Å². The first-order chi connectivity index (χ1) is 31.1. The monoisotopic (exact) mass is 1070 g/mol. The van der Waals surface area contributed by atoms with E-state index in [1.807, 2.05) is 54.6 Å². The third-order valence-corrected chi connectivity index (χ3v) is 11.1. The van der Waals surface area contributed by atoms with Gasteiger partial charge in [0.2, 0.25) is 0 Å². The van der Waals surface area contributed by atoms with Crippen molar-refractivity contribution in [2.45, 2.75) is 58.8 Å². The van der Waals surface area contributed by atoms with Gasteiger partial charge < -0.3 is 24.8 Å². The van der Waals surface area contributed by atoms with Gasteiger partial charge in [0.05, 0.1) is 0 Å². The van der Waals surface area contributed by atoms with E-state index in [9.17, 15) is 0 Å². The third-order valence-electron chi connectivity index (χ3n) is 11.1. The van der Waals surface area contributed by atoms with Gasteiger partial charge in [-0.3, -0.25) is 0 Å². The minimum atomic E-state index is 0. The van der Waals surface area contributed by atoms with Crippen molar-refractivity contribution in [1.82, 2.24) is 0 Å². The Morgan fingerprint density at radius 1 is 0.394 bits per heavy atom. The van der Waals surface area contributed by atoms with E-state index in [1.165, 1.54) is 77.9 Å². The van der Waals surface area contributed by atoms with E-state index in [4.69, 9.17) is 0 Å². The molecule has 66 heavy (non-hydrogen) atoms. The molecule has 0 aromatic heterocycles. The Bertz CT molecular complexity index is 2460. The van der Waals surface area contributed by atoms with Crippen molar-refractivity contribution in [3.05, 3.63) is 259 Å². The van der Waals surface area contributed by atoms with Gasteiger partial charge in [0.1, 0.15) is 0 Å². The number of fused-ring (bicyclic) bond motifs is 3. The third kappa shape index (κ3) is 14.5. The van der Waals surface area contributed by atoms with Crippen molar-refractivity contribution in [2.24, 2.45) is 0 Å². The molecular weight excluding hydrogens is 1010 g/mol. The van der Waals surface area contributed by atoms with Crippen LogP contribution in [-0.4, -0.2) is 4.26 Å². The van der Waals surface area contributed by atoms with E-state index >= 15 is 0 Å². The molecule has 10 rings (SSSR count). The van der Waals surface area contributed by atoms with E-state index in [-0.39, 0.29) is 35.6 Å². The molecular formula is C63H60Cl2Hf-2. The van der Waals surface area contributed by atoms with Crippen molar-refractivity contribution < 1.29 is 48.7 Å². The van der Waals surface area contributed by atoms with Crippen LogP contribution in [0.3, 0.4) is 0 Å². The molecule has 0 unspecified atom stereocenters. The second-order valence-electron chi connectivity index (χ2n) is 17.8. The van der Waals surface area contributed by atoms with E-state index in [2.05, 4.69) is 228 Å². The summed E-state index contributed by atoms with van der Waals surface area (Å²) in [5.74, 6) is 0. The summed E-state index contributed by atoms with van der Waals surface area (Å²) in [6.45, 7) is 13.9. The van der Waals surface area contributed by atoms with Gasteiger partial charge in [-0.2, -0.15) is 18.2 Å². The van der Waals surface area contributed by atoms with Crippen LogP contribution in [0.4, 0.5) is 0 Å². The maximum atomic E-state index is 3.88. The van der Waals surface area contributed by atoms with Crippen molar-refractivity contribution >= 4 is 4.26 Å². The molecule has 0 amide bonds. The maximum Gasteiger partial charge on any atom is -0.0184 e. The van der Waals surface area contributed by atoms with Crippen LogP contribution in [0.2, 0.25) is 0 Å². The Morgan fingerprint density at radius 3 is 1.06 bits per heavy atom. The van der Waals surface area contributed by atoms with Crippen LogP contribution in [-0.2, 0) is 41.1 Å². The first-order valence-corrected chi connectivity index (χ1v) is 24.7. The zero-order valence-electron chi connectivity index (χ0n) is 39.1. The fraction of sp³-hybridized carbons (Fsp3) is 0.143. The summed E-state index contributed by atoms with van der Waals surface area (Å²) in [6, 6.07) is 84.4. The first-order valence-electron chi connectivity index (χ1n) is 22.2. The molecule has 0 spiro atoms. The van der Waals surface area contributed by atoms with Crippen LogP contribution in [0.25, 0.3) is 55.6 Å². The summed E-state index contributed by atoms with van der Waals surface area (Å²) in [7, 11) is 0. The van der Waals surface area contributed by atoms with E-state index in [1.54, 1.807) is 0 Å². The molecule has 0 saturated heterocycles. The minimum Gasteiger partial charge on any atom is -1.00 e. The second-order valence-corrected chi connectivity index (χ2v) is 17.8. The Kier molecular flexibility index (Phi) is 20.9. The summed E-state index contributed by atoms with van der Waals surface area (Å²) < 4.78 is 3.39. The summed E-state index contributed by atoms with van der Waals surface area (Å²) in [5.41, 5.74) is 18.6. The molecule has 0 atom stereocenters. The van der Waals surface area contributed by atoms with Gasteiger partial charge in [-0.1, -0.05) is 252 Å². The predicted molar refractivity (Wildman–Crippen MR) is 275 cm³/mol. The normalized spacial score (nSPS) is 10.7. The average molecular weight is 1070 g/mol. The Balaban J connectivity index is 0.000000235. The fourth-order valence-corrected chi connectivity index (χ4v) is 7.95. The molecule has 0 nitrogen and oxygen atoms in total. The van der Waals surface area contributed by atoms with Crippen LogP contribution in [0, 0.1) is 6.07 Å². The summed E-state index contributed by atoms with van der Waals surface area (Å²) in [4.78, 5) is 0. The van der Waals surface area contributed by atoms with Gasteiger partial charge in [-0.25, -0.2) is 12.1 Å². The molecule has 0 radical (unpaired) electrons. The molecule has 0 fully saturated rings. The maximum absolute atomic E-state index is 3.88. The molecule has 0 bridgehead atoms. The summed E-state index contributed by atoms with van der Waals surface area (Å²) >= 11 is 1.06. The summed E-state index contributed by atoms with van der Waals surface area (Å²) in [6.07, 6.45) is 0.944. The summed E-state index contributed by atoms with van der Waals surface area (Å²) in [5, 5.41) is 0. The van der Waals surface area contributed by atoms with Crippen LogP contribution in [0.15, 0.2) is 231 Å². The standard InChI is InChI=1S/C33H33.2C12H10.C5H5.CH2.2ClH.Hf/c1-32(2,3)30-20-26-24(18-28(30)22-13-9-7-10-14-22)17-25-19-29(23-15-11-8-12-16-23)31(21-27(25)26)33(4,5)6;2*1-3-7-11(8-4-1)12-9-5-2-6-10-12;1-2-4-5-3-1;;;;/h7-16,18,20-21H,17H2,1-6H3;2*1-10H;1-5H;1H2;2*1H;/q-1;;;-1;;;;+2/p-2. The fourth-order valence-electron chi connectivity index (χ4n) is 7.95. The molecule has 0 saturated carbocycles. The Hall–Kier alpha value is -5.57. The van der Waals surface area contributed by atoms with Gasteiger partial charge in [-0.15, -0.1) is 28.8 Å². The molecule has 0 heterocycles. The van der Waals surface area contributed by atoms with Crippen molar-refractivity contribution in [1.29, 1.82) is 0 Å². The molecule has 9 aromatic rings. The minimum absolute atomic E-state index is 0. The molecule has 9 aromatic carbocycles. The van der Waals surface area contributed by atoms with Crippen LogP contribution >= 0.6 is 0 Å². The van der Waals surface area contributed by atoms with Crippen molar-refractivity contribution in [3.8, 4) is 55.6 Å². The smallest absolute Gasteiger partial charge is 0.0184 e. The molecule has 1 aliphatic rings. The van der Waals surface area contributed by atoms with Crippen LogP contribution in [0.1, 0.15) is 63.8 Å². The SMILES string of the molecule is CC(C)(C)c1cc2c([c-]c1-c1ccccc1)Cc1cc(-c3ccccc3)c(C(C)(C)C)cc1-2.[CH2]=[Hf+2].[Cl-].[Cl-].c1cc[cH-]c1.c1ccc(-c2ccccc2)cc1.c1ccc(-c2ccccc2)cc1. The van der Waals surface area contributed by atoms with Gasteiger partial charge in [0.25, 0.3) is 0 Å². The molecule has 0 N–H and O–H groups in total. The Morgan fingerprint density at radius 2 is 0.727 bits per heavy atom. The Labute approximate surface area is 423 Å². The number of halogens is 2. The quantitative estimate of drug-likeness (QED) is 0.122. The van der Waals surface area contributed by atoms with E-state index in [0.717, 1.165) is 30.3 Å². The number of rotatable bonds is 4. The first kappa shape index (κ1) is 53.0. The second kappa shape index (κ2) is 25.9. The largest absolute Gasteiger partial charge is 1.00 e. The van der Waals surface area contributed by atoms with Crippen molar-refractivity contribution in [3.63, 3.8) is 0 Å². The van der Waals surface area contributed by atoms with Gasteiger partial charge in [0, 0.05) is 0 Å². The van der Waals surface area contributed by atoms with Gasteiger partial charge in [0.15, 0.2) is 0 Å². The predicted octanol–water partition coefficient (Wildman–Crippen LogP) is 11.1. The molecule has 0 aliphatic heterocycles. The number of benzene rings is 8. The van der Waals surface area contributed by atoms with E-state index in [0.29, 0.717) is 0 Å². The molecule has 1 aliphatic carbocycles. The number of hydrogen-bond donors (Lipinski definition) is 0. The van der Waals surface area contributed by atoms with E-state index < -0.39 is 0 Å². The molecule has 332 valence electrons. The van der Waals surface area contributed by atoms with Crippen LogP contribution in [0.5, 0.6) is 0 Å². The van der Waals surface area contributed by atoms with Gasteiger partial charge in [-0.05, 0) is 61.8 Å². The number of hydrogen-bond acceptors (Lipinski definition) is 0. The zero-order chi connectivity index (χ0) is 45.4. The van der Waals surface area contributed by atoms with Gasteiger partial charge >= 0.3 is 28.2 Å².